The Morgan fingerprint density at radius 3 is 2.51 bits per heavy atom. The lowest BCUT2D eigenvalue weighted by Crippen LogP contribution is -2.49. The molecule has 0 spiro atoms. The van der Waals surface area contributed by atoms with Crippen LogP contribution < -0.4 is 15.3 Å². The van der Waals surface area contributed by atoms with E-state index in [2.05, 4.69) is 10.2 Å². The predicted octanol–water partition coefficient (Wildman–Crippen LogP) is 3.27. The van der Waals surface area contributed by atoms with E-state index in [0.717, 1.165) is 26.7 Å². The van der Waals surface area contributed by atoms with Crippen molar-refractivity contribution in [3.8, 4) is 11.8 Å². The third-order valence-corrected chi connectivity index (χ3v) is 9.64. The monoisotopic (exact) mass is 699 g/mol. The van der Waals surface area contributed by atoms with Crippen molar-refractivity contribution in [1.29, 1.82) is 5.26 Å². The summed E-state index contributed by atoms with van der Waals surface area (Å²) in [7, 11) is -4.53. The third-order valence-electron chi connectivity index (χ3n) is 8.01. The van der Waals surface area contributed by atoms with Gasteiger partial charge in [-0.3, -0.25) is 18.9 Å². The number of hydrogen-bond donors (Lipinski definition) is 2. The number of carbonyl (C=O) groups excluding carboxylic acids is 3. The van der Waals surface area contributed by atoms with Crippen molar-refractivity contribution in [2.24, 2.45) is 5.92 Å². The molecule has 6 atom stereocenters. The first-order chi connectivity index (χ1) is 23.4. The van der Waals surface area contributed by atoms with Gasteiger partial charge in [0.25, 0.3) is 0 Å². The zero-order valence-electron chi connectivity index (χ0n) is 27.2. The Hall–Kier alpha value is -4.52. The summed E-state index contributed by atoms with van der Waals surface area (Å²) >= 11 is 0. The van der Waals surface area contributed by atoms with Crippen LogP contribution in [0.1, 0.15) is 45.4 Å². The molecule has 0 saturated carbocycles. The van der Waals surface area contributed by atoms with Crippen LogP contribution in [0.4, 0.5) is 5.69 Å². The van der Waals surface area contributed by atoms with Crippen LogP contribution in [-0.2, 0) is 47.2 Å². The van der Waals surface area contributed by atoms with Crippen LogP contribution in [0.2, 0.25) is 0 Å². The molecule has 0 bridgehead atoms. The summed E-state index contributed by atoms with van der Waals surface area (Å²) in [5.74, 6) is -2.04. The summed E-state index contributed by atoms with van der Waals surface area (Å²) in [6, 6.07) is 13.7. The number of rotatable bonds is 13. The van der Waals surface area contributed by atoms with Gasteiger partial charge in [-0.2, -0.15) is 15.4 Å². The van der Waals surface area contributed by atoms with E-state index in [0.29, 0.717) is 30.1 Å². The number of fused-ring (bicyclic) bond motifs is 1. The quantitative estimate of drug-likeness (QED) is 0.149. The lowest BCUT2D eigenvalue weighted by Gasteiger charge is -2.30. The summed E-state index contributed by atoms with van der Waals surface area (Å²) in [6.45, 7) is 4.14. The minimum absolute atomic E-state index is 0.120. The Labute approximate surface area is 282 Å². The van der Waals surface area contributed by atoms with E-state index in [1.165, 1.54) is 29.8 Å². The van der Waals surface area contributed by atoms with E-state index in [4.69, 9.17) is 38.5 Å². The molecule has 2 aromatic heterocycles. The molecule has 2 fully saturated rings. The normalized spacial score (nSPS) is 24.3. The van der Waals surface area contributed by atoms with Crippen LogP contribution >= 0.6 is 7.75 Å². The number of esters is 3. The number of anilines is 1. The van der Waals surface area contributed by atoms with Crippen LogP contribution in [0.5, 0.6) is 5.75 Å². The Bertz CT molecular complexity index is 1740. The van der Waals surface area contributed by atoms with Crippen molar-refractivity contribution in [2.75, 3.05) is 32.2 Å². The molecular formula is C32H38N5O11P. The van der Waals surface area contributed by atoms with Crippen molar-refractivity contribution in [2.45, 2.75) is 63.6 Å². The van der Waals surface area contributed by atoms with Crippen LogP contribution in [0.15, 0.2) is 54.7 Å². The van der Waals surface area contributed by atoms with Crippen LogP contribution in [0, 0.1) is 17.2 Å². The number of ether oxygens (including phenoxy) is 5. The van der Waals surface area contributed by atoms with Crippen molar-refractivity contribution in [3.05, 3.63) is 60.4 Å². The van der Waals surface area contributed by atoms with E-state index in [1.54, 1.807) is 36.4 Å². The molecule has 17 heteroatoms. The average molecular weight is 700 g/mol. The van der Waals surface area contributed by atoms with Gasteiger partial charge in [-0.25, -0.2) is 9.08 Å². The number of aromatic nitrogens is 2. The highest BCUT2D eigenvalue weighted by Crippen LogP contribution is 2.50. The number of nitrogens with one attached hydrogen (secondary N) is 1. The largest absolute Gasteiger partial charge is 0.464 e. The molecule has 262 valence electrons. The molecule has 4 heterocycles. The summed E-state index contributed by atoms with van der Waals surface area (Å²) in [4.78, 5) is 37.7. The number of nitriles is 1. The van der Waals surface area contributed by atoms with Crippen LogP contribution in [0.3, 0.4) is 0 Å². The minimum atomic E-state index is -4.53. The Morgan fingerprint density at radius 1 is 1.12 bits per heavy atom. The van der Waals surface area contributed by atoms with Crippen LogP contribution in [-0.4, -0.2) is 77.8 Å². The molecule has 16 nitrogen and oxygen atoms in total. The fourth-order valence-electron chi connectivity index (χ4n) is 5.60. The lowest BCUT2D eigenvalue weighted by molar-refractivity contribution is -0.166. The van der Waals surface area contributed by atoms with Gasteiger partial charge in [0.05, 0.1) is 23.5 Å². The maximum Gasteiger partial charge on any atom is 0.459 e. The molecule has 0 aliphatic carbocycles. The van der Waals surface area contributed by atoms with E-state index >= 15 is 0 Å². The summed E-state index contributed by atoms with van der Waals surface area (Å²) in [5.41, 5.74) is 5.10. The number of nitrogens with two attached hydrogens (primary N) is 1. The Morgan fingerprint density at radius 2 is 1.84 bits per heavy atom. The molecular weight excluding hydrogens is 661 g/mol. The highest BCUT2D eigenvalue weighted by atomic mass is 31.2. The number of nitrogen functional groups attached to an aromatic ring is 1. The van der Waals surface area contributed by atoms with E-state index in [9.17, 15) is 24.2 Å². The van der Waals surface area contributed by atoms with Gasteiger partial charge in [0.1, 0.15) is 30.6 Å². The highest BCUT2D eigenvalue weighted by Gasteiger charge is 2.62. The number of benzene rings is 1. The van der Waals surface area contributed by atoms with Gasteiger partial charge < -0.3 is 33.9 Å². The highest BCUT2D eigenvalue weighted by molar-refractivity contribution is 7.52. The van der Waals surface area contributed by atoms with Gasteiger partial charge >= 0.3 is 25.7 Å². The first-order valence-corrected chi connectivity index (χ1v) is 17.1. The lowest BCUT2D eigenvalue weighted by atomic mass is 9.95. The fourth-order valence-corrected chi connectivity index (χ4v) is 7.12. The smallest absolute Gasteiger partial charge is 0.459 e. The third kappa shape index (κ3) is 8.38. The van der Waals surface area contributed by atoms with Gasteiger partial charge in [-0.1, -0.05) is 18.2 Å². The SMILES string of the molecule is CC(=O)O[C@H]1[C@H](c2ccc3c(N)ccnn23)O[C@](C#N)(CO[P@@](=O)(N[C@@H](C)C(=O)OCC2CCOCC2)Oc2ccccc2)[C@H]1OC(C)=O. The van der Waals surface area contributed by atoms with Crippen molar-refractivity contribution < 1.29 is 51.7 Å². The minimum Gasteiger partial charge on any atom is -0.464 e. The van der Waals surface area contributed by atoms with Gasteiger partial charge in [-0.15, -0.1) is 0 Å². The summed E-state index contributed by atoms with van der Waals surface area (Å²) in [5, 5.41) is 17.5. The topological polar surface area (TPSA) is 212 Å². The standard InChI is InChI=1S/C32H38N5O11P/c1-20(31(40)43-17-23-12-15-42-16-13-23)36-49(41,48-24-7-5-4-6-8-24)44-19-32(18-33)30(46-22(3)39)29(45-21(2)38)28(47-32)27-10-9-26-25(34)11-14-35-37(26)27/h4-11,14,20,23,28-30H,12-13,15-17,19,34H2,1-3H3,(H,36,41)/t20-,28-,29-,30-,32+,49-/m0/s1. The van der Waals surface area contributed by atoms with Crippen LogP contribution in [0.25, 0.3) is 5.52 Å². The first kappa shape index (κ1) is 35.8. The Kier molecular flexibility index (Phi) is 11.2. The maximum absolute atomic E-state index is 14.4. The number of carbonyl (C=O) groups is 3. The predicted molar refractivity (Wildman–Crippen MR) is 171 cm³/mol. The zero-order valence-corrected chi connectivity index (χ0v) is 28.1. The Balaban J connectivity index is 1.44. The van der Waals surface area contributed by atoms with E-state index in [-0.39, 0.29) is 18.3 Å². The second-order valence-electron chi connectivity index (χ2n) is 11.7. The number of hydrogen-bond acceptors (Lipinski definition) is 14. The average Bonchev–Trinajstić information content (AvgIpc) is 3.63. The van der Waals surface area contributed by atoms with Crippen molar-refractivity contribution >= 4 is 36.9 Å². The second kappa shape index (κ2) is 15.4. The zero-order chi connectivity index (χ0) is 35.2. The molecule has 0 unspecified atom stereocenters. The summed E-state index contributed by atoms with van der Waals surface area (Å²) < 4.78 is 55.7. The van der Waals surface area contributed by atoms with E-state index in [1.807, 2.05) is 6.07 Å². The summed E-state index contributed by atoms with van der Waals surface area (Å²) in [6.07, 6.45) is -1.27. The second-order valence-corrected chi connectivity index (χ2v) is 13.4. The van der Waals surface area contributed by atoms with Crippen molar-refractivity contribution in [1.82, 2.24) is 14.7 Å². The van der Waals surface area contributed by atoms with Gasteiger partial charge in [-0.05, 0) is 56.0 Å². The molecule has 49 heavy (non-hydrogen) atoms. The fraction of sp³-hybridized carbons (Fsp3) is 0.469. The van der Waals surface area contributed by atoms with Crippen molar-refractivity contribution in [3.63, 3.8) is 0 Å². The molecule has 5 rings (SSSR count). The molecule has 0 radical (unpaired) electrons. The van der Waals surface area contributed by atoms with E-state index < -0.39 is 62.2 Å². The maximum atomic E-state index is 14.4. The first-order valence-electron chi connectivity index (χ1n) is 15.6. The molecule has 2 saturated heterocycles. The number of para-hydroxylation sites is 1. The van der Waals surface area contributed by atoms with Gasteiger partial charge in [0, 0.05) is 33.3 Å². The van der Waals surface area contributed by atoms with Gasteiger partial charge in [0.2, 0.25) is 5.60 Å². The number of nitrogens with zero attached hydrogens (tertiary/aromatic N) is 3. The molecule has 1 aromatic carbocycles. The molecule has 3 aromatic rings. The molecule has 2 aliphatic rings. The molecule has 2 aliphatic heterocycles. The molecule has 0 amide bonds. The van der Waals surface area contributed by atoms with Gasteiger partial charge in [0.15, 0.2) is 12.2 Å². The molecule has 3 N–H and O–H groups in total.